The van der Waals surface area contributed by atoms with Gasteiger partial charge in [-0.05, 0) is 78.2 Å². The van der Waals surface area contributed by atoms with E-state index >= 15 is 0 Å². The Morgan fingerprint density at radius 2 is 1.58 bits per heavy atom. The number of nitrogens with two attached hydrogens (primary N) is 2. The first-order valence-corrected chi connectivity index (χ1v) is 9.52. The lowest BCUT2D eigenvalue weighted by Gasteiger charge is -2.13. The molecule has 0 spiro atoms. The van der Waals surface area contributed by atoms with Crippen molar-refractivity contribution in [2.75, 3.05) is 27.9 Å². The molecule has 1 unspecified atom stereocenters. The molecule has 2 aromatic carbocycles. The van der Waals surface area contributed by atoms with Gasteiger partial charge in [0.1, 0.15) is 0 Å². The van der Waals surface area contributed by atoms with Crippen molar-refractivity contribution in [1.82, 2.24) is 0 Å². The Morgan fingerprint density at radius 3 is 2.00 bits per heavy atom. The van der Waals surface area contributed by atoms with Crippen LogP contribution in [0.15, 0.2) is 36.4 Å². The largest absolute Gasteiger partial charge is 0.493 e. The van der Waals surface area contributed by atoms with E-state index in [2.05, 4.69) is 40.8 Å². The van der Waals surface area contributed by atoms with Crippen LogP contribution in [0, 0.1) is 3.57 Å². The van der Waals surface area contributed by atoms with Crippen LogP contribution in [0.2, 0.25) is 0 Å². The van der Waals surface area contributed by atoms with E-state index in [9.17, 15) is 0 Å². The van der Waals surface area contributed by atoms with Crippen LogP contribution in [-0.4, -0.2) is 33.9 Å². The second-order valence-electron chi connectivity index (χ2n) is 5.85. The third-order valence-corrected chi connectivity index (χ3v) is 4.71. The average Bonchev–Trinajstić information content (AvgIpc) is 2.63. The number of hydrogen-bond acceptors (Lipinski definition) is 5. The van der Waals surface area contributed by atoms with Crippen LogP contribution in [0.5, 0.6) is 17.2 Å². The Bertz CT molecular complexity index is 653. The summed E-state index contributed by atoms with van der Waals surface area (Å²) in [5.41, 5.74) is 13.6. The molecule has 0 radical (unpaired) electrons. The topological polar surface area (TPSA) is 79.7 Å². The van der Waals surface area contributed by atoms with E-state index in [1.54, 1.807) is 21.3 Å². The van der Waals surface area contributed by atoms with E-state index in [4.69, 9.17) is 25.7 Å². The lowest BCUT2D eigenvalue weighted by molar-refractivity contribution is 0.324. The minimum atomic E-state index is 0.255. The van der Waals surface area contributed by atoms with Gasteiger partial charge in [-0.1, -0.05) is 18.2 Å². The number of halogens is 1. The Balaban J connectivity index is 0.000000273. The maximum Gasteiger partial charge on any atom is 0.203 e. The van der Waals surface area contributed by atoms with Crippen LogP contribution in [0.1, 0.15) is 18.1 Å². The molecule has 26 heavy (non-hydrogen) atoms. The zero-order valence-corrected chi connectivity index (χ0v) is 18.1. The molecule has 4 N–H and O–H groups in total. The molecular formula is C20H29IN2O3. The summed E-state index contributed by atoms with van der Waals surface area (Å²) in [6.07, 6.45) is 1.76. The van der Waals surface area contributed by atoms with Gasteiger partial charge >= 0.3 is 0 Å². The molecule has 0 aromatic heterocycles. The van der Waals surface area contributed by atoms with Crippen LogP contribution in [0.4, 0.5) is 0 Å². The van der Waals surface area contributed by atoms with Gasteiger partial charge in [-0.3, -0.25) is 0 Å². The highest BCUT2D eigenvalue weighted by atomic mass is 127. The Kier molecular flexibility index (Phi) is 10.4. The van der Waals surface area contributed by atoms with Gasteiger partial charge in [-0.15, -0.1) is 0 Å². The molecule has 144 valence electrons. The Morgan fingerprint density at radius 1 is 1.00 bits per heavy atom. The minimum absolute atomic E-state index is 0.255. The molecule has 0 saturated carbocycles. The Hall–Kier alpha value is -1.51. The second-order valence-corrected chi connectivity index (χ2v) is 7.01. The van der Waals surface area contributed by atoms with Crippen molar-refractivity contribution in [1.29, 1.82) is 0 Å². The lowest BCUT2D eigenvalue weighted by atomic mass is 10.1. The van der Waals surface area contributed by atoms with Crippen molar-refractivity contribution in [2.45, 2.75) is 25.8 Å². The van der Waals surface area contributed by atoms with Gasteiger partial charge in [-0.25, -0.2) is 0 Å². The number of methoxy groups -OCH3 is 3. The minimum Gasteiger partial charge on any atom is -0.493 e. The maximum absolute atomic E-state index is 5.69. The first-order valence-electron chi connectivity index (χ1n) is 8.44. The highest BCUT2D eigenvalue weighted by Crippen LogP contribution is 2.38. The van der Waals surface area contributed by atoms with Crippen molar-refractivity contribution in [3.63, 3.8) is 0 Å². The molecule has 6 heteroatoms. The maximum atomic E-state index is 5.69. The van der Waals surface area contributed by atoms with Crippen LogP contribution >= 0.6 is 22.6 Å². The van der Waals surface area contributed by atoms with Gasteiger partial charge in [-0.2, -0.15) is 0 Å². The van der Waals surface area contributed by atoms with Gasteiger partial charge in [0, 0.05) is 9.61 Å². The van der Waals surface area contributed by atoms with Gasteiger partial charge in [0.05, 0.1) is 21.3 Å². The summed E-state index contributed by atoms with van der Waals surface area (Å²) in [5.74, 6) is 1.95. The fourth-order valence-electron chi connectivity index (χ4n) is 2.46. The van der Waals surface area contributed by atoms with Gasteiger partial charge in [0.15, 0.2) is 11.5 Å². The molecule has 0 amide bonds. The predicted octanol–water partition coefficient (Wildman–Crippen LogP) is 3.39. The standard InChI is InChI=1S/C11H17NO3.C9H12IN/c1-13-9-6-8(4-5-12)7-10(14-2)11(9)15-3;1-7(11)6-8-4-2-3-5-9(8)10/h6-7H,4-5,12H2,1-3H3;2-5,7H,6,11H2,1H3. The van der Waals surface area contributed by atoms with Crippen LogP contribution in [-0.2, 0) is 12.8 Å². The normalized spacial score (nSPS) is 11.2. The van der Waals surface area contributed by atoms with E-state index in [0.29, 0.717) is 23.8 Å². The van der Waals surface area contributed by atoms with E-state index in [-0.39, 0.29) is 6.04 Å². The lowest BCUT2D eigenvalue weighted by Crippen LogP contribution is -2.18. The van der Waals surface area contributed by atoms with Crippen molar-refractivity contribution in [2.24, 2.45) is 11.5 Å². The molecule has 0 aliphatic heterocycles. The Labute approximate surface area is 170 Å². The number of hydrogen-bond donors (Lipinski definition) is 2. The molecule has 2 rings (SSSR count). The van der Waals surface area contributed by atoms with Crippen molar-refractivity contribution in [3.8, 4) is 17.2 Å². The summed E-state index contributed by atoms with van der Waals surface area (Å²) < 4.78 is 17.0. The molecule has 2 aromatic rings. The number of ether oxygens (including phenoxy) is 3. The zero-order valence-electron chi connectivity index (χ0n) is 15.9. The smallest absolute Gasteiger partial charge is 0.203 e. The first kappa shape index (κ1) is 22.5. The fourth-order valence-corrected chi connectivity index (χ4v) is 3.06. The third kappa shape index (κ3) is 7.01. The molecule has 0 heterocycles. The van der Waals surface area contributed by atoms with E-state index in [0.717, 1.165) is 18.4 Å². The summed E-state index contributed by atoms with van der Waals surface area (Å²) in [5, 5.41) is 0. The van der Waals surface area contributed by atoms with Crippen molar-refractivity contribution < 1.29 is 14.2 Å². The highest BCUT2D eigenvalue weighted by molar-refractivity contribution is 14.1. The average molecular weight is 472 g/mol. The van der Waals surface area contributed by atoms with Crippen molar-refractivity contribution >= 4 is 22.6 Å². The van der Waals surface area contributed by atoms with Crippen LogP contribution < -0.4 is 25.7 Å². The summed E-state index contributed by atoms with van der Waals surface area (Å²) in [7, 11) is 4.79. The fraction of sp³-hybridized carbons (Fsp3) is 0.400. The molecule has 0 saturated heterocycles. The van der Waals surface area contributed by atoms with Gasteiger partial charge < -0.3 is 25.7 Å². The summed E-state index contributed by atoms with van der Waals surface area (Å²) >= 11 is 2.34. The summed E-state index contributed by atoms with van der Waals surface area (Å²) in [6.45, 7) is 2.63. The predicted molar refractivity (Wildman–Crippen MR) is 115 cm³/mol. The molecular weight excluding hydrogens is 443 g/mol. The van der Waals surface area contributed by atoms with Crippen LogP contribution in [0.25, 0.3) is 0 Å². The number of benzene rings is 2. The molecule has 0 aliphatic carbocycles. The third-order valence-electron chi connectivity index (χ3n) is 3.66. The quantitative estimate of drug-likeness (QED) is 0.604. The molecule has 0 bridgehead atoms. The summed E-state index contributed by atoms with van der Waals surface area (Å²) in [6, 6.07) is 12.4. The first-order chi connectivity index (χ1) is 12.5. The summed E-state index contributed by atoms with van der Waals surface area (Å²) in [4.78, 5) is 0. The highest BCUT2D eigenvalue weighted by Gasteiger charge is 2.12. The molecule has 1 atom stereocenters. The van der Waals surface area contributed by atoms with E-state index < -0.39 is 0 Å². The molecule has 0 fully saturated rings. The second kappa shape index (κ2) is 12.0. The molecule has 5 nitrogen and oxygen atoms in total. The van der Waals surface area contributed by atoms with Crippen LogP contribution in [0.3, 0.4) is 0 Å². The zero-order chi connectivity index (χ0) is 19.5. The van der Waals surface area contributed by atoms with E-state index in [1.165, 1.54) is 9.13 Å². The van der Waals surface area contributed by atoms with Gasteiger partial charge in [0.25, 0.3) is 0 Å². The molecule has 0 aliphatic rings. The SMILES string of the molecule is CC(N)Cc1ccccc1I.COc1cc(CCN)cc(OC)c1OC. The van der Waals surface area contributed by atoms with E-state index in [1.807, 2.05) is 25.1 Å². The monoisotopic (exact) mass is 472 g/mol. The number of rotatable bonds is 7. The van der Waals surface area contributed by atoms with Crippen molar-refractivity contribution in [3.05, 3.63) is 51.1 Å². The van der Waals surface area contributed by atoms with Gasteiger partial charge in [0.2, 0.25) is 5.75 Å².